The highest BCUT2D eigenvalue weighted by atomic mass is 16.5. The van der Waals surface area contributed by atoms with E-state index < -0.39 is 0 Å². The van der Waals surface area contributed by atoms with Crippen LogP contribution >= 0.6 is 0 Å². The number of benzene rings is 2. The molecule has 4 aromatic rings. The second kappa shape index (κ2) is 7.40. The van der Waals surface area contributed by atoms with Crippen LogP contribution in [0.25, 0.3) is 22.1 Å². The lowest BCUT2D eigenvalue weighted by molar-refractivity contribution is -0.118. The molecule has 0 aliphatic rings. The van der Waals surface area contributed by atoms with Gasteiger partial charge in [-0.2, -0.15) is 0 Å². The van der Waals surface area contributed by atoms with Crippen molar-refractivity contribution in [3.8, 4) is 16.9 Å². The fourth-order valence-electron chi connectivity index (χ4n) is 2.77. The fraction of sp³-hybridized carbons (Fsp3) is 0.0952. The predicted octanol–water partition coefficient (Wildman–Crippen LogP) is 3.77. The van der Waals surface area contributed by atoms with Crippen molar-refractivity contribution in [1.82, 2.24) is 5.16 Å². The number of fused-ring (bicyclic) bond motifs is 1. The highest BCUT2D eigenvalue weighted by Crippen LogP contribution is 2.23. The number of carbonyl (C=O) groups excluding carboxylic acids is 1. The van der Waals surface area contributed by atoms with E-state index in [4.69, 9.17) is 13.7 Å². The van der Waals surface area contributed by atoms with Gasteiger partial charge in [-0.05, 0) is 24.6 Å². The van der Waals surface area contributed by atoms with E-state index in [1.807, 2.05) is 30.3 Å². The van der Waals surface area contributed by atoms with Crippen LogP contribution in [-0.2, 0) is 4.79 Å². The summed E-state index contributed by atoms with van der Waals surface area (Å²) in [6.07, 6.45) is 1.43. The van der Waals surface area contributed by atoms with Crippen molar-refractivity contribution in [2.45, 2.75) is 6.92 Å². The van der Waals surface area contributed by atoms with Gasteiger partial charge >= 0.3 is 0 Å². The van der Waals surface area contributed by atoms with Crippen LogP contribution < -0.4 is 15.5 Å². The number of nitrogens with zero attached hydrogens (tertiary/aromatic N) is 1. The summed E-state index contributed by atoms with van der Waals surface area (Å²) in [7, 11) is 0. The summed E-state index contributed by atoms with van der Waals surface area (Å²) in [5.41, 5.74) is 1.54. The number of carbonyl (C=O) groups is 1. The van der Waals surface area contributed by atoms with Crippen molar-refractivity contribution in [3.63, 3.8) is 0 Å². The molecule has 140 valence electrons. The zero-order valence-corrected chi connectivity index (χ0v) is 15.0. The molecule has 0 bridgehead atoms. The van der Waals surface area contributed by atoms with E-state index in [0.717, 1.165) is 5.56 Å². The number of rotatable bonds is 5. The van der Waals surface area contributed by atoms with Crippen molar-refractivity contribution < 1.29 is 18.5 Å². The Bertz CT molecular complexity index is 1190. The molecule has 0 aliphatic carbocycles. The van der Waals surface area contributed by atoms with Crippen LogP contribution in [0.15, 0.2) is 74.6 Å². The first-order chi connectivity index (χ1) is 13.6. The van der Waals surface area contributed by atoms with Crippen molar-refractivity contribution in [1.29, 1.82) is 0 Å². The molecule has 0 saturated heterocycles. The summed E-state index contributed by atoms with van der Waals surface area (Å²) in [4.78, 5) is 24.7. The van der Waals surface area contributed by atoms with Gasteiger partial charge in [-0.1, -0.05) is 35.5 Å². The topological polar surface area (TPSA) is 94.6 Å². The second-order valence-electron chi connectivity index (χ2n) is 6.16. The zero-order chi connectivity index (χ0) is 19.5. The molecule has 2 aromatic heterocycles. The lowest BCUT2D eigenvalue weighted by Crippen LogP contribution is -2.20. The molecule has 0 atom stereocenters. The standard InChI is InChI=1S/C21H16N2O5/c1-13-9-19(23-28-13)22-20(24)12-26-15-7-8-16-18(10-15)27-11-17(21(16)25)14-5-3-2-4-6-14/h2-11H,12H2,1H3,(H,22,23,24). The summed E-state index contributed by atoms with van der Waals surface area (Å²) in [6.45, 7) is 1.51. The molecular weight excluding hydrogens is 360 g/mol. The monoisotopic (exact) mass is 376 g/mol. The number of nitrogens with one attached hydrogen (secondary N) is 1. The Morgan fingerprint density at radius 2 is 1.96 bits per heavy atom. The van der Waals surface area contributed by atoms with Crippen LogP contribution in [0.1, 0.15) is 5.76 Å². The van der Waals surface area contributed by atoms with E-state index in [9.17, 15) is 9.59 Å². The third kappa shape index (κ3) is 3.64. The SMILES string of the molecule is Cc1cc(NC(=O)COc2ccc3c(=O)c(-c4ccccc4)coc3c2)no1. The predicted molar refractivity (Wildman–Crippen MR) is 103 cm³/mol. The largest absolute Gasteiger partial charge is 0.484 e. The fourth-order valence-corrected chi connectivity index (χ4v) is 2.77. The molecule has 0 aliphatic heterocycles. The van der Waals surface area contributed by atoms with Gasteiger partial charge in [0, 0.05) is 12.1 Å². The molecule has 28 heavy (non-hydrogen) atoms. The quantitative estimate of drug-likeness (QED) is 0.570. The maximum Gasteiger partial charge on any atom is 0.263 e. The van der Waals surface area contributed by atoms with E-state index in [2.05, 4.69) is 10.5 Å². The molecule has 4 rings (SSSR count). The van der Waals surface area contributed by atoms with E-state index in [1.54, 1.807) is 31.2 Å². The Balaban J connectivity index is 1.50. The lowest BCUT2D eigenvalue weighted by Gasteiger charge is -2.07. The summed E-state index contributed by atoms with van der Waals surface area (Å²) in [5.74, 6) is 0.948. The summed E-state index contributed by atoms with van der Waals surface area (Å²) < 4.78 is 16.0. The van der Waals surface area contributed by atoms with Crippen molar-refractivity contribution in [2.24, 2.45) is 0 Å². The molecule has 1 amide bonds. The first-order valence-corrected chi connectivity index (χ1v) is 8.57. The van der Waals surface area contributed by atoms with E-state index >= 15 is 0 Å². The molecule has 0 radical (unpaired) electrons. The number of anilines is 1. The number of amides is 1. The number of hydrogen-bond acceptors (Lipinski definition) is 6. The minimum atomic E-state index is -0.380. The molecule has 7 heteroatoms. The normalized spacial score (nSPS) is 10.8. The number of aromatic nitrogens is 1. The Hall–Kier alpha value is -3.87. The van der Waals surface area contributed by atoms with Crippen LogP contribution in [0.2, 0.25) is 0 Å². The van der Waals surface area contributed by atoms with E-state index in [-0.39, 0.29) is 17.9 Å². The van der Waals surface area contributed by atoms with E-state index in [1.165, 1.54) is 6.26 Å². The van der Waals surface area contributed by atoms with Crippen LogP contribution in [0.3, 0.4) is 0 Å². The van der Waals surface area contributed by atoms with Crippen LogP contribution in [0.4, 0.5) is 5.82 Å². The van der Waals surface area contributed by atoms with Gasteiger partial charge in [0.15, 0.2) is 17.9 Å². The minimum Gasteiger partial charge on any atom is -0.484 e. The molecule has 0 unspecified atom stereocenters. The van der Waals surface area contributed by atoms with Crippen molar-refractivity contribution in [3.05, 3.63) is 76.8 Å². The first-order valence-electron chi connectivity index (χ1n) is 8.57. The van der Waals surface area contributed by atoms with Gasteiger partial charge in [0.2, 0.25) is 0 Å². The van der Waals surface area contributed by atoms with Gasteiger partial charge in [-0.25, -0.2) is 0 Å². The van der Waals surface area contributed by atoms with Gasteiger partial charge in [-0.15, -0.1) is 0 Å². The van der Waals surface area contributed by atoms with Crippen LogP contribution in [0.5, 0.6) is 5.75 Å². The Morgan fingerprint density at radius 1 is 1.14 bits per heavy atom. The smallest absolute Gasteiger partial charge is 0.263 e. The molecule has 7 nitrogen and oxygen atoms in total. The highest BCUT2D eigenvalue weighted by molar-refractivity contribution is 5.91. The Labute approximate surface area is 159 Å². The summed E-state index contributed by atoms with van der Waals surface area (Å²) >= 11 is 0. The van der Waals surface area contributed by atoms with Gasteiger partial charge in [0.25, 0.3) is 5.91 Å². The molecule has 2 aromatic carbocycles. The molecule has 2 heterocycles. The minimum absolute atomic E-state index is 0.127. The van der Waals surface area contributed by atoms with Gasteiger partial charge < -0.3 is 19.0 Å². The number of hydrogen-bond donors (Lipinski definition) is 1. The third-order valence-corrected chi connectivity index (χ3v) is 4.10. The zero-order valence-electron chi connectivity index (χ0n) is 15.0. The van der Waals surface area contributed by atoms with Gasteiger partial charge in [-0.3, -0.25) is 9.59 Å². The van der Waals surface area contributed by atoms with E-state index in [0.29, 0.717) is 33.9 Å². The molecule has 0 spiro atoms. The van der Waals surface area contributed by atoms with Gasteiger partial charge in [0.05, 0.1) is 10.9 Å². The third-order valence-electron chi connectivity index (χ3n) is 4.10. The molecule has 0 saturated carbocycles. The summed E-state index contributed by atoms with van der Waals surface area (Å²) in [6, 6.07) is 15.8. The molecule has 1 N–H and O–H groups in total. The Kier molecular flexibility index (Phi) is 4.63. The van der Waals surface area contributed by atoms with Crippen LogP contribution in [-0.4, -0.2) is 17.7 Å². The molecular formula is C21H16N2O5. The maximum atomic E-state index is 12.7. The second-order valence-corrected chi connectivity index (χ2v) is 6.16. The average molecular weight is 376 g/mol. The average Bonchev–Trinajstić information content (AvgIpc) is 3.12. The number of aryl methyl sites for hydroxylation is 1. The Morgan fingerprint density at radius 3 is 2.71 bits per heavy atom. The number of ether oxygens (including phenoxy) is 1. The van der Waals surface area contributed by atoms with Crippen molar-refractivity contribution >= 4 is 22.7 Å². The first kappa shape index (κ1) is 17.5. The molecule has 0 fully saturated rings. The maximum absolute atomic E-state index is 12.7. The lowest BCUT2D eigenvalue weighted by atomic mass is 10.1. The van der Waals surface area contributed by atoms with Crippen molar-refractivity contribution in [2.75, 3.05) is 11.9 Å². The summed E-state index contributed by atoms with van der Waals surface area (Å²) in [5, 5.41) is 6.69. The van der Waals surface area contributed by atoms with Crippen LogP contribution in [0, 0.1) is 6.92 Å². The van der Waals surface area contributed by atoms with Gasteiger partial charge in [0.1, 0.15) is 23.4 Å². The highest BCUT2D eigenvalue weighted by Gasteiger charge is 2.11.